The minimum absolute atomic E-state index is 0.177. The Balaban J connectivity index is 1.88. The third-order valence-corrected chi connectivity index (χ3v) is 6.35. The smallest absolute Gasteiger partial charge is 0.223 e. The SMILES string of the molecule is CC(=O)Nc1nc(C)c(-c2csc(Nc3ccccc3S(C)(=O)=O)n2)s1. The highest BCUT2D eigenvalue weighted by molar-refractivity contribution is 7.90. The molecule has 0 aliphatic carbocycles. The zero-order chi connectivity index (χ0) is 18.9. The fourth-order valence-electron chi connectivity index (χ4n) is 2.28. The first kappa shape index (κ1) is 18.5. The van der Waals surface area contributed by atoms with E-state index in [1.165, 1.54) is 35.9 Å². The Morgan fingerprint density at radius 1 is 1.15 bits per heavy atom. The largest absolute Gasteiger partial charge is 0.330 e. The monoisotopic (exact) mass is 408 g/mol. The van der Waals surface area contributed by atoms with Gasteiger partial charge in [-0.1, -0.05) is 23.5 Å². The lowest BCUT2D eigenvalue weighted by Gasteiger charge is -2.07. The summed E-state index contributed by atoms with van der Waals surface area (Å²) >= 11 is 2.71. The first-order valence-corrected chi connectivity index (χ1v) is 11.1. The van der Waals surface area contributed by atoms with Crippen LogP contribution in [0.25, 0.3) is 10.6 Å². The fraction of sp³-hybridized carbons (Fsp3) is 0.188. The number of anilines is 3. The molecule has 1 amide bonds. The minimum atomic E-state index is -3.35. The molecule has 10 heteroatoms. The van der Waals surface area contributed by atoms with Gasteiger partial charge in [-0.15, -0.1) is 11.3 Å². The normalized spacial score (nSPS) is 11.3. The summed E-state index contributed by atoms with van der Waals surface area (Å²) in [6, 6.07) is 6.70. The van der Waals surface area contributed by atoms with Crippen molar-refractivity contribution in [3.05, 3.63) is 35.3 Å². The summed E-state index contributed by atoms with van der Waals surface area (Å²) in [7, 11) is -3.35. The maximum Gasteiger partial charge on any atom is 0.223 e. The van der Waals surface area contributed by atoms with Gasteiger partial charge in [0.15, 0.2) is 20.1 Å². The molecule has 7 nitrogen and oxygen atoms in total. The summed E-state index contributed by atoms with van der Waals surface area (Å²) in [6.45, 7) is 3.28. The van der Waals surface area contributed by atoms with Crippen LogP contribution in [0.15, 0.2) is 34.5 Å². The van der Waals surface area contributed by atoms with E-state index in [0.717, 1.165) is 16.3 Å². The van der Waals surface area contributed by atoms with Crippen LogP contribution in [-0.2, 0) is 14.6 Å². The molecule has 0 atom stereocenters. The molecule has 2 heterocycles. The van der Waals surface area contributed by atoms with E-state index in [0.29, 0.717) is 16.0 Å². The number of carbonyl (C=O) groups is 1. The van der Waals surface area contributed by atoms with Crippen LogP contribution in [0.5, 0.6) is 0 Å². The maximum absolute atomic E-state index is 11.9. The second-order valence-corrected chi connectivity index (χ2v) is 9.39. The Morgan fingerprint density at radius 2 is 1.88 bits per heavy atom. The molecule has 136 valence electrons. The molecule has 0 saturated heterocycles. The number of sulfone groups is 1. The van der Waals surface area contributed by atoms with E-state index in [1.807, 2.05) is 12.3 Å². The van der Waals surface area contributed by atoms with E-state index in [9.17, 15) is 13.2 Å². The third kappa shape index (κ3) is 4.09. The van der Waals surface area contributed by atoms with Crippen LogP contribution < -0.4 is 10.6 Å². The number of aryl methyl sites for hydroxylation is 1. The van der Waals surface area contributed by atoms with E-state index in [1.54, 1.807) is 24.3 Å². The number of hydrogen-bond acceptors (Lipinski definition) is 8. The Labute approximate surface area is 159 Å². The van der Waals surface area contributed by atoms with Gasteiger partial charge in [-0.3, -0.25) is 4.79 Å². The second-order valence-electron chi connectivity index (χ2n) is 5.55. The molecule has 2 aromatic heterocycles. The third-order valence-electron chi connectivity index (χ3n) is 3.34. The molecule has 26 heavy (non-hydrogen) atoms. The Hall–Kier alpha value is -2.30. The van der Waals surface area contributed by atoms with Crippen molar-refractivity contribution in [1.29, 1.82) is 0 Å². The summed E-state index contributed by atoms with van der Waals surface area (Å²) in [5.41, 5.74) is 1.98. The van der Waals surface area contributed by atoms with Crippen LogP contribution >= 0.6 is 22.7 Å². The van der Waals surface area contributed by atoms with Crippen LogP contribution in [-0.4, -0.2) is 30.5 Å². The molecule has 0 bridgehead atoms. The number of aromatic nitrogens is 2. The van der Waals surface area contributed by atoms with Crippen molar-refractivity contribution in [2.24, 2.45) is 0 Å². The molecule has 0 radical (unpaired) electrons. The molecule has 0 aliphatic heterocycles. The predicted molar refractivity (Wildman–Crippen MR) is 105 cm³/mol. The zero-order valence-electron chi connectivity index (χ0n) is 14.2. The van der Waals surface area contributed by atoms with E-state index >= 15 is 0 Å². The van der Waals surface area contributed by atoms with Gasteiger partial charge in [-0.05, 0) is 19.1 Å². The number of hydrogen-bond donors (Lipinski definition) is 2. The van der Waals surface area contributed by atoms with Crippen molar-refractivity contribution in [2.75, 3.05) is 16.9 Å². The van der Waals surface area contributed by atoms with Gasteiger partial charge < -0.3 is 10.6 Å². The predicted octanol–water partition coefficient (Wildman–Crippen LogP) is 3.68. The fourth-order valence-corrected chi connectivity index (χ4v) is 4.89. The number of benzene rings is 1. The van der Waals surface area contributed by atoms with E-state index in [-0.39, 0.29) is 10.8 Å². The van der Waals surface area contributed by atoms with Crippen molar-refractivity contribution < 1.29 is 13.2 Å². The summed E-state index contributed by atoms with van der Waals surface area (Å²) in [4.78, 5) is 21.1. The molecule has 0 aliphatic rings. The Morgan fingerprint density at radius 3 is 2.58 bits per heavy atom. The zero-order valence-corrected chi connectivity index (χ0v) is 16.7. The molecule has 0 saturated carbocycles. The molecular formula is C16H16N4O3S3. The van der Waals surface area contributed by atoms with Gasteiger partial charge in [0.05, 0.1) is 26.8 Å². The van der Waals surface area contributed by atoms with E-state index in [4.69, 9.17) is 0 Å². The standard InChI is InChI=1S/C16H16N4O3S3/c1-9-14(25-16(17-9)18-10(2)21)12-8-24-15(20-12)19-11-6-4-5-7-13(11)26(3,22)23/h4-8H,1-3H3,(H,19,20)(H,17,18,21). The highest BCUT2D eigenvalue weighted by atomic mass is 32.2. The van der Waals surface area contributed by atoms with Crippen molar-refractivity contribution in [1.82, 2.24) is 9.97 Å². The number of nitrogens with one attached hydrogen (secondary N) is 2. The first-order valence-electron chi connectivity index (χ1n) is 7.51. The molecular weight excluding hydrogens is 392 g/mol. The van der Waals surface area contributed by atoms with Crippen LogP contribution in [0, 0.1) is 6.92 Å². The molecule has 3 rings (SSSR count). The maximum atomic E-state index is 11.9. The number of para-hydroxylation sites is 1. The average Bonchev–Trinajstić information content (AvgIpc) is 3.12. The molecule has 3 aromatic rings. The molecule has 2 N–H and O–H groups in total. The summed E-state index contributed by atoms with van der Waals surface area (Å²) in [5.74, 6) is -0.177. The first-order chi connectivity index (χ1) is 12.2. The molecule has 1 aromatic carbocycles. The van der Waals surface area contributed by atoms with Gasteiger partial charge >= 0.3 is 0 Å². The van der Waals surface area contributed by atoms with Crippen LogP contribution in [0.1, 0.15) is 12.6 Å². The van der Waals surface area contributed by atoms with Crippen molar-refractivity contribution >= 4 is 54.4 Å². The minimum Gasteiger partial charge on any atom is -0.330 e. The summed E-state index contributed by atoms with van der Waals surface area (Å²) in [5, 5.41) is 8.70. The second kappa shape index (κ2) is 7.14. The summed E-state index contributed by atoms with van der Waals surface area (Å²) in [6.07, 6.45) is 1.17. The Kier molecular flexibility index (Phi) is 5.08. The van der Waals surface area contributed by atoms with E-state index < -0.39 is 9.84 Å². The number of carbonyl (C=O) groups excluding carboxylic acids is 1. The highest BCUT2D eigenvalue weighted by Gasteiger charge is 2.16. The lowest BCUT2D eigenvalue weighted by atomic mass is 10.3. The number of nitrogens with zero attached hydrogens (tertiary/aromatic N) is 2. The number of amides is 1. The summed E-state index contributed by atoms with van der Waals surface area (Å²) < 4.78 is 23.8. The number of rotatable bonds is 5. The van der Waals surface area contributed by atoms with Gasteiger partial charge in [-0.2, -0.15) is 0 Å². The topological polar surface area (TPSA) is 101 Å². The highest BCUT2D eigenvalue weighted by Crippen LogP contribution is 2.35. The van der Waals surface area contributed by atoms with E-state index in [2.05, 4.69) is 20.6 Å². The lowest BCUT2D eigenvalue weighted by Crippen LogP contribution is -2.04. The van der Waals surface area contributed by atoms with Crippen molar-refractivity contribution in [3.8, 4) is 10.6 Å². The number of thiazole rings is 2. The molecule has 0 spiro atoms. The molecule has 0 unspecified atom stereocenters. The van der Waals surface area contributed by atoms with Crippen molar-refractivity contribution in [3.63, 3.8) is 0 Å². The van der Waals surface area contributed by atoms with Crippen LogP contribution in [0.4, 0.5) is 16.0 Å². The van der Waals surface area contributed by atoms with Gasteiger partial charge in [0.2, 0.25) is 5.91 Å². The van der Waals surface area contributed by atoms with Gasteiger partial charge in [-0.25, -0.2) is 18.4 Å². The average molecular weight is 409 g/mol. The van der Waals surface area contributed by atoms with Crippen LogP contribution in [0.3, 0.4) is 0 Å². The van der Waals surface area contributed by atoms with Gasteiger partial charge in [0, 0.05) is 18.6 Å². The molecule has 0 fully saturated rings. The quantitative estimate of drug-likeness (QED) is 0.668. The van der Waals surface area contributed by atoms with Gasteiger partial charge in [0.25, 0.3) is 0 Å². The van der Waals surface area contributed by atoms with Crippen molar-refractivity contribution in [2.45, 2.75) is 18.7 Å². The van der Waals surface area contributed by atoms with Crippen LogP contribution in [0.2, 0.25) is 0 Å². The van der Waals surface area contributed by atoms with Gasteiger partial charge in [0.1, 0.15) is 0 Å². The Bertz CT molecular complexity index is 1070. The lowest BCUT2D eigenvalue weighted by molar-refractivity contribution is -0.114.